The van der Waals surface area contributed by atoms with Crippen LogP contribution in [-0.2, 0) is 14.3 Å². The van der Waals surface area contributed by atoms with Gasteiger partial charge in [0.2, 0.25) is 5.91 Å². The Kier molecular flexibility index (Phi) is 2.87. The average Bonchev–Trinajstić information content (AvgIpc) is 2.81. The van der Waals surface area contributed by atoms with Crippen molar-refractivity contribution in [1.29, 1.82) is 0 Å². The normalized spacial score (nSPS) is 27.6. The quantitative estimate of drug-likeness (QED) is 0.554. The van der Waals surface area contributed by atoms with Crippen LogP contribution in [0.2, 0.25) is 0 Å². The third-order valence-electron chi connectivity index (χ3n) is 2.09. The minimum Gasteiger partial charge on any atom is -0.467 e. The van der Waals surface area contributed by atoms with E-state index in [4.69, 9.17) is 5.73 Å². The predicted molar refractivity (Wildman–Crippen MR) is 45.7 cm³/mol. The molecule has 0 aromatic rings. The summed E-state index contributed by atoms with van der Waals surface area (Å²) in [6.45, 7) is 1.58. The van der Waals surface area contributed by atoms with Crippen molar-refractivity contribution >= 4 is 11.9 Å². The summed E-state index contributed by atoms with van der Waals surface area (Å²) in [4.78, 5) is 22.2. The lowest BCUT2D eigenvalue weighted by molar-refractivity contribution is -0.144. The van der Waals surface area contributed by atoms with Crippen LogP contribution in [0.3, 0.4) is 0 Å². The number of amides is 1. The third kappa shape index (κ3) is 2.42. The number of methoxy groups -OCH3 is 1. The van der Waals surface area contributed by atoms with Gasteiger partial charge in [0.05, 0.1) is 13.0 Å². The highest BCUT2D eigenvalue weighted by molar-refractivity contribution is 5.87. The number of nitrogens with one attached hydrogen (secondary N) is 1. The van der Waals surface area contributed by atoms with Crippen LogP contribution in [0.4, 0.5) is 0 Å². The summed E-state index contributed by atoms with van der Waals surface area (Å²) < 4.78 is 4.45. The summed E-state index contributed by atoms with van der Waals surface area (Å²) in [7, 11) is 1.29. The minimum absolute atomic E-state index is 0.0372. The molecule has 1 rings (SSSR count). The molecule has 0 radical (unpaired) electrons. The SMILES string of the molecule is COC(=O)C(C)NC(=O)C1CC1N. The van der Waals surface area contributed by atoms with Gasteiger partial charge in [-0.2, -0.15) is 0 Å². The first-order valence-corrected chi connectivity index (χ1v) is 4.20. The predicted octanol–water partition coefficient (Wildman–Crippen LogP) is -0.989. The Morgan fingerprint density at radius 1 is 1.62 bits per heavy atom. The van der Waals surface area contributed by atoms with Crippen LogP contribution in [-0.4, -0.2) is 31.1 Å². The first-order valence-electron chi connectivity index (χ1n) is 4.20. The van der Waals surface area contributed by atoms with Crippen LogP contribution in [0.15, 0.2) is 0 Å². The fraction of sp³-hybridized carbons (Fsp3) is 0.750. The first-order chi connectivity index (χ1) is 6.06. The van der Waals surface area contributed by atoms with Gasteiger partial charge in [-0.15, -0.1) is 0 Å². The minimum atomic E-state index is -0.592. The summed E-state index contributed by atoms with van der Waals surface area (Å²) in [5.74, 6) is -0.722. The molecule has 0 saturated heterocycles. The zero-order valence-corrected chi connectivity index (χ0v) is 7.74. The molecule has 5 nitrogen and oxygen atoms in total. The van der Waals surface area contributed by atoms with E-state index in [-0.39, 0.29) is 17.9 Å². The maximum absolute atomic E-state index is 11.2. The van der Waals surface area contributed by atoms with Gasteiger partial charge in [-0.3, -0.25) is 4.79 Å². The zero-order chi connectivity index (χ0) is 10.0. The maximum atomic E-state index is 11.2. The van der Waals surface area contributed by atoms with E-state index in [0.29, 0.717) is 6.42 Å². The number of esters is 1. The molecule has 0 aliphatic heterocycles. The van der Waals surface area contributed by atoms with Gasteiger partial charge in [-0.05, 0) is 13.3 Å². The largest absolute Gasteiger partial charge is 0.467 e. The van der Waals surface area contributed by atoms with Crippen molar-refractivity contribution in [2.45, 2.75) is 25.4 Å². The lowest BCUT2D eigenvalue weighted by Gasteiger charge is -2.10. The Balaban J connectivity index is 2.31. The summed E-state index contributed by atoms with van der Waals surface area (Å²) in [6, 6.07) is -0.629. The molecular weight excluding hydrogens is 172 g/mol. The number of ether oxygens (including phenoxy) is 1. The highest BCUT2D eigenvalue weighted by Gasteiger charge is 2.40. The van der Waals surface area contributed by atoms with Crippen LogP contribution in [0.1, 0.15) is 13.3 Å². The molecule has 13 heavy (non-hydrogen) atoms. The molecule has 1 amide bonds. The molecule has 1 saturated carbocycles. The second-order valence-corrected chi connectivity index (χ2v) is 3.26. The fourth-order valence-corrected chi connectivity index (χ4v) is 1.07. The summed E-state index contributed by atoms with van der Waals surface area (Å²) in [5, 5.41) is 2.53. The molecule has 74 valence electrons. The molecule has 1 fully saturated rings. The Bertz CT molecular complexity index is 229. The first kappa shape index (κ1) is 9.98. The van der Waals surface area contributed by atoms with Crippen LogP contribution >= 0.6 is 0 Å². The van der Waals surface area contributed by atoms with Crippen LogP contribution < -0.4 is 11.1 Å². The molecule has 3 atom stereocenters. The molecule has 5 heteroatoms. The summed E-state index contributed by atoms with van der Waals surface area (Å²) >= 11 is 0. The van der Waals surface area contributed by atoms with E-state index in [1.54, 1.807) is 6.92 Å². The number of hydrogen-bond donors (Lipinski definition) is 2. The molecule has 0 heterocycles. The van der Waals surface area contributed by atoms with E-state index in [1.807, 2.05) is 0 Å². The van der Waals surface area contributed by atoms with Gasteiger partial charge in [0.1, 0.15) is 6.04 Å². The Morgan fingerprint density at radius 3 is 2.54 bits per heavy atom. The third-order valence-corrected chi connectivity index (χ3v) is 2.09. The van der Waals surface area contributed by atoms with Crippen molar-refractivity contribution in [1.82, 2.24) is 5.32 Å². The lowest BCUT2D eigenvalue weighted by Crippen LogP contribution is -2.40. The molecule has 1 aliphatic rings. The standard InChI is InChI=1S/C8H14N2O3/c1-4(8(12)13-2)10-7(11)5-3-6(5)9/h4-6H,3,9H2,1-2H3,(H,10,11). The van der Waals surface area contributed by atoms with Gasteiger partial charge in [0, 0.05) is 6.04 Å². The van der Waals surface area contributed by atoms with E-state index in [9.17, 15) is 9.59 Å². The Morgan fingerprint density at radius 2 is 2.15 bits per heavy atom. The number of hydrogen-bond acceptors (Lipinski definition) is 4. The van der Waals surface area contributed by atoms with Gasteiger partial charge >= 0.3 is 5.97 Å². The number of carbonyl (C=O) groups is 2. The van der Waals surface area contributed by atoms with E-state index in [2.05, 4.69) is 10.1 Å². The van der Waals surface area contributed by atoms with Crippen molar-refractivity contribution in [2.75, 3.05) is 7.11 Å². The summed E-state index contributed by atoms with van der Waals surface area (Å²) in [6.07, 6.45) is 0.708. The summed E-state index contributed by atoms with van der Waals surface area (Å²) in [5.41, 5.74) is 5.47. The number of rotatable bonds is 3. The molecule has 0 bridgehead atoms. The Labute approximate surface area is 76.6 Å². The van der Waals surface area contributed by atoms with Gasteiger partial charge < -0.3 is 15.8 Å². The second-order valence-electron chi connectivity index (χ2n) is 3.26. The van der Waals surface area contributed by atoms with Crippen molar-refractivity contribution in [2.24, 2.45) is 11.7 Å². The Hall–Kier alpha value is -1.10. The van der Waals surface area contributed by atoms with Crippen molar-refractivity contribution in [3.63, 3.8) is 0 Å². The molecule has 0 aromatic heterocycles. The van der Waals surface area contributed by atoms with E-state index in [1.165, 1.54) is 7.11 Å². The van der Waals surface area contributed by atoms with Crippen molar-refractivity contribution in [3.05, 3.63) is 0 Å². The average molecular weight is 186 g/mol. The van der Waals surface area contributed by atoms with Gasteiger partial charge in [0.25, 0.3) is 0 Å². The van der Waals surface area contributed by atoms with Crippen LogP contribution in [0.5, 0.6) is 0 Å². The zero-order valence-electron chi connectivity index (χ0n) is 7.74. The smallest absolute Gasteiger partial charge is 0.328 e. The van der Waals surface area contributed by atoms with Crippen molar-refractivity contribution < 1.29 is 14.3 Å². The second kappa shape index (κ2) is 3.74. The fourth-order valence-electron chi connectivity index (χ4n) is 1.07. The molecule has 0 aromatic carbocycles. The molecule has 1 aliphatic carbocycles. The number of nitrogens with two attached hydrogens (primary N) is 1. The maximum Gasteiger partial charge on any atom is 0.328 e. The van der Waals surface area contributed by atoms with Crippen molar-refractivity contribution in [3.8, 4) is 0 Å². The van der Waals surface area contributed by atoms with E-state index in [0.717, 1.165) is 0 Å². The van der Waals surface area contributed by atoms with E-state index < -0.39 is 12.0 Å². The highest BCUT2D eigenvalue weighted by atomic mass is 16.5. The van der Waals surface area contributed by atoms with Crippen LogP contribution in [0, 0.1) is 5.92 Å². The van der Waals surface area contributed by atoms with Gasteiger partial charge in [-0.1, -0.05) is 0 Å². The molecular formula is C8H14N2O3. The van der Waals surface area contributed by atoms with Gasteiger partial charge in [-0.25, -0.2) is 4.79 Å². The number of carbonyl (C=O) groups excluding carboxylic acids is 2. The van der Waals surface area contributed by atoms with E-state index >= 15 is 0 Å². The lowest BCUT2D eigenvalue weighted by atomic mass is 10.3. The topological polar surface area (TPSA) is 81.4 Å². The molecule has 3 unspecified atom stereocenters. The highest BCUT2D eigenvalue weighted by Crippen LogP contribution is 2.27. The molecule has 0 spiro atoms. The van der Waals surface area contributed by atoms with Crippen LogP contribution in [0.25, 0.3) is 0 Å². The monoisotopic (exact) mass is 186 g/mol. The van der Waals surface area contributed by atoms with Gasteiger partial charge in [0.15, 0.2) is 0 Å². The molecule has 3 N–H and O–H groups in total.